The first-order valence-corrected chi connectivity index (χ1v) is 4.99. The molecule has 5 heteroatoms. The maximum absolute atomic E-state index is 11.3. The van der Waals surface area contributed by atoms with Crippen molar-refractivity contribution in [1.29, 1.82) is 0 Å². The van der Waals surface area contributed by atoms with Crippen LogP contribution in [0, 0.1) is 0 Å². The molecule has 0 unspecified atom stereocenters. The van der Waals surface area contributed by atoms with Crippen molar-refractivity contribution in [3.05, 3.63) is 34.3 Å². The molecule has 86 valence electrons. The minimum absolute atomic E-state index is 0.00320. The number of nitrogens with zero attached hydrogens (tertiary/aromatic N) is 2. The van der Waals surface area contributed by atoms with Crippen molar-refractivity contribution in [2.45, 2.75) is 6.54 Å². The molecule has 16 heavy (non-hydrogen) atoms. The minimum atomic E-state index is -0.359. The third kappa shape index (κ3) is 1.87. The number of hydrogen-bond acceptors (Lipinski definition) is 4. The van der Waals surface area contributed by atoms with Gasteiger partial charge in [-0.2, -0.15) is 0 Å². The lowest BCUT2D eigenvalue weighted by atomic mass is 10.2. The number of benzene rings is 1. The topological polar surface area (TPSA) is 58.6 Å². The van der Waals surface area contributed by atoms with Gasteiger partial charge in [-0.05, 0) is 24.7 Å². The number of aliphatic hydroxyl groups is 1. The van der Waals surface area contributed by atoms with Gasteiger partial charge < -0.3 is 9.52 Å². The van der Waals surface area contributed by atoms with E-state index >= 15 is 0 Å². The lowest BCUT2D eigenvalue weighted by molar-refractivity contribution is 0.127. The van der Waals surface area contributed by atoms with Crippen LogP contribution < -0.4 is 5.76 Å². The molecular formula is C11H14N2O3. The van der Waals surface area contributed by atoms with Gasteiger partial charge >= 0.3 is 5.76 Å². The molecule has 2 aromatic rings. The van der Waals surface area contributed by atoms with Gasteiger partial charge in [0.05, 0.1) is 12.2 Å². The number of aromatic nitrogens is 1. The van der Waals surface area contributed by atoms with Gasteiger partial charge in [-0.15, -0.1) is 0 Å². The summed E-state index contributed by atoms with van der Waals surface area (Å²) in [6.45, 7) is 0.613. The quantitative estimate of drug-likeness (QED) is 0.769. The fraction of sp³-hybridized carbons (Fsp3) is 0.364. The van der Waals surface area contributed by atoms with E-state index in [1.807, 2.05) is 25.2 Å². The Morgan fingerprint density at radius 3 is 2.94 bits per heavy atom. The Labute approximate surface area is 92.5 Å². The first-order valence-electron chi connectivity index (χ1n) is 4.99. The lowest BCUT2D eigenvalue weighted by Crippen LogP contribution is -2.18. The molecule has 0 atom stereocenters. The molecule has 0 aliphatic heterocycles. The summed E-state index contributed by atoms with van der Waals surface area (Å²) < 4.78 is 6.55. The van der Waals surface area contributed by atoms with Crippen LogP contribution in [0.2, 0.25) is 0 Å². The zero-order valence-electron chi connectivity index (χ0n) is 9.30. The van der Waals surface area contributed by atoms with Gasteiger partial charge in [0.2, 0.25) is 0 Å². The number of rotatable bonds is 3. The molecule has 0 amide bonds. The third-order valence-corrected chi connectivity index (χ3v) is 2.55. The van der Waals surface area contributed by atoms with E-state index in [4.69, 9.17) is 9.52 Å². The number of oxazole rings is 1. The smallest absolute Gasteiger partial charge is 0.408 e. The van der Waals surface area contributed by atoms with Crippen molar-refractivity contribution in [3.8, 4) is 0 Å². The predicted octanol–water partition coefficient (Wildman–Crippen LogP) is 0.513. The fourth-order valence-corrected chi connectivity index (χ4v) is 1.64. The zero-order chi connectivity index (χ0) is 11.7. The van der Waals surface area contributed by atoms with Gasteiger partial charge in [0.15, 0.2) is 5.58 Å². The van der Waals surface area contributed by atoms with Crippen molar-refractivity contribution in [2.75, 3.05) is 13.8 Å². The van der Waals surface area contributed by atoms with Crippen molar-refractivity contribution in [1.82, 2.24) is 9.47 Å². The van der Waals surface area contributed by atoms with E-state index in [1.54, 1.807) is 11.9 Å². The standard InChI is InChI=1S/C11H14N2O3/c1-12(7-14)6-8-3-4-9-10(5-8)16-11(15)13(9)2/h3-5,14H,6-7H2,1-2H3. The summed E-state index contributed by atoms with van der Waals surface area (Å²) in [6.07, 6.45) is 0. The van der Waals surface area contributed by atoms with Crippen LogP contribution in [0.5, 0.6) is 0 Å². The molecule has 0 spiro atoms. The monoisotopic (exact) mass is 222 g/mol. The summed E-state index contributed by atoms with van der Waals surface area (Å²) >= 11 is 0. The molecule has 0 radical (unpaired) electrons. The average molecular weight is 222 g/mol. The average Bonchev–Trinajstić information content (AvgIpc) is 2.54. The third-order valence-electron chi connectivity index (χ3n) is 2.55. The lowest BCUT2D eigenvalue weighted by Gasteiger charge is -2.12. The van der Waals surface area contributed by atoms with Gasteiger partial charge in [-0.3, -0.25) is 9.47 Å². The summed E-state index contributed by atoms with van der Waals surface area (Å²) in [5.41, 5.74) is 2.36. The Morgan fingerprint density at radius 1 is 1.50 bits per heavy atom. The summed E-state index contributed by atoms with van der Waals surface area (Å²) in [4.78, 5) is 13.0. The maximum atomic E-state index is 11.3. The Morgan fingerprint density at radius 2 is 2.25 bits per heavy atom. The van der Waals surface area contributed by atoms with Crippen molar-refractivity contribution in [3.63, 3.8) is 0 Å². The summed E-state index contributed by atoms with van der Waals surface area (Å²) in [5.74, 6) is -0.359. The van der Waals surface area contributed by atoms with Gasteiger partial charge in [-0.25, -0.2) is 4.79 Å². The van der Waals surface area contributed by atoms with Crippen LogP contribution >= 0.6 is 0 Å². The molecule has 1 heterocycles. The van der Waals surface area contributed by atoms with Gasteiger partial charge in [-0.1, -0.05) is 6.07 Å². The van der Waals surface area contributed by atoms with Crippen molar-refractivity contribution < 1.29 is 9.52 Å². The molecule has 1 N–H and O–H groups in total. The molecule has 0 aliphatic rings. The molecule has 0 aliphatic carbocycles. The Kier molecular flexibility index (Phi) is 2.80. The van der Waals surface area contributed by atoms with Gasteiger partial charge in [0.1, 0.15) is 0 Å². The SMILES string of the molecule is CN(CO)Cc1ccc2c(c1)oc(=O)n2C. The normalized spacial score (nSPS) is 11.5. The Bertz CT molecular complexity index is 556. The van der Waals surface area contributed by atoms with Crippen LogP contribution in [0.3, 0.4) is 0 Å². The van der Waals surface area contributed by atoms with E-state index in [1.165, 1.54) is 4.57 Å². The highest BCUT2D eigenvalue weighted by Crippen LogP contribution is 2.15. The first-order chi connectivity index (χ1) is 7.61. The number of aliphatic hydroxyl groups excluding tert-OH is 1. The van der Waals surface area contributed by atoms with E-state index in [-0.39, 0.29) is 12.5 Å². The van der Waals surface area contributed by atoms with Crippen LogP contribution in [0.1, 0.15) is 5.56 Å². The Hall–Kier alpha value is -1.59. The molecule has 1 aromatic heterocycles. The second-order valence-electron chi connectivity index (χ2n) is 3.88. The van der Waals surface area contributed by atoms with E-state index in [0.717, 1.165) is 11.1 Å². The summed E-state index contributed by atoms with van der Waals surface area (Å²) in [7, 11) is 3.49. The number of hydrogen-bond donors (Lipinski definition) is 1. The predicted molar refractivity (Wildman–Crippen MR) is 60.0 cm³/mol. The second kappa shape index (κ2) is 4.11. The van der Waals surface area contributed by atoms with Crippen molar-refractivity contribution in [2.24, 2.45) is 7.05 Å². The molecule has 0 fully saturated rings. The molecule has 2 rings (SSSR count). The fourth-order valence-electron chi connectivity index (χ4n) is 1.64. The zero-order valence-corrected chi connectivity index (χ0v) is 9.30. The van der Waals surface area contributed by atoms with Crippen LogP contribution in [-0.2, 0) is 13.6 Å². The van der Waals surface area contributed by atoms with Crippen LogP contribution in [-0.4, -0.2) is 28.4 Å². The molecule has 0 bridgehead atoms. The van der Waals surface area contributed by atoms with E-state index in [9.17, 15) is 4.79 Å². The van der Waals surface area contributed by atoms with Gasteiger partial charge in [0, 0.05) is 13.6 Å². The molecular weight excluding hydrogens is 208 g/mol. The highest BCUT2D eigenvalue weighted by atomic mass is 16.4. The summed E-state index contributed by atoms with van der Waals surface area (Å²) in [6, 6.07) is 5.59. The number of fused-ring (bicyclic) bond motifs is 1. The first kappa shape index (κ1) is 10.9. The molecule has 0 saturated carbocycles. The van der Waals surface area contributed by atoms with E-state index in [0.29, 0.717) is 12.1 Å². The maximum Gasteiger partial charge on any atom is 0.419 e. The molecule has 5 nitrogen and oxygen atoms in total. The molecule has 1 aromatic carbocycles. The van der Waals surface area contributed by atoms with Crippen LogP contribution in [0.4, 0.5) is 0 Å². The van der Waals surface area contributed by atoms with Crippen LogP contribution in [0.25, 0.3) is 11.1 Å². The Balaban J connectivity index is 2.41. The van der Waals surface area contributed by atoms with Crippen LogP contribution in [0.15, 0.2) is 27.4 Å². The highest BCUT2D eigenvalue weighted by molar-refractivity contribution is 5.73. The largest absolute Gasteiger partial charge is 0.419 e. The number of aryl methyl sites for hydroxylation is 1. The summed E-state index contributed by atoms with van der Waals surface area (Å²) in [5, 5.41) is 8.91. The van der Waals surface area contributed by atoms with E-state index < -0.39 is 0 Å². The van der Waals surface area contributed by atoms with E-state index in [2.05, 4.69) is 0 Å². The molecule has 0 saturated heterocycles. The van der Waals surface area contributed by atoms with Gasteiger partial charge in [0.25, 0.3) is 0 Å². The van der Waals surface area contributed by atoms with Crippen molar-refractivity contribution >= 4 is 11.1 Å². The minimum Gasteiger partial charge on any atom is -0.408 e. The second-order valence-corrected chi connectivity index (χ2v) is 3.88. The highest BCUT2D eigenvalue weighted by Gasteiger charge is 2.07.